The molecule has 1 aromatic heterocycles. The Hall–Kier alpha value is -1.93. The Kier molecular flexibility index (Phi) is 7.07. The quantitative estimate of drug-likeness (QED) is 0.749. The first-order valence-corrected chi connectivity index (χ1v) is 10.5. The number of carbonyl (C=O) groups excluding carboxylic acids is 2. The summed E-state index contributed by atoms with van der Waals surface area (Å²) in [5, 5.41) is 7.91. The largest absolute Gasteiger partial charge is 0.373 e. The lowest BCUT2D eigenvalue weighted by Crippen LogP contribution is -2.47. The molecule has 2 atom stereocenters. The molecule has 2 heterocycles. The van der Waals surface area contributed by atoms with E-state index in [-0.39, 0.29) is 24.0 Å². The fraction of sp³-hybridized carbons (Fsp3) is 0.400. The maximum atomic E-state index is 12.5. The highest BCUT2D eigenvalue weighted by Crippen LogP contribution is 2.24. The molecule has 150 valence electrons. The number of anilines is 1. The molecule has 1 aliphatic rings. The highest BCUT2D eigenvalue weighted by Gasteiger charge is 2.21. The van der Waals surface area contributed by atoms with Crippen molar-refractivity contribution in [2.45, 2.75) is 26.1 Å². The molecule has 0 radical (unpaired) electrons. The molecule has 0 spiro atoms. The van der Waals surface area contributed by atoms with E-state index in [4.69, 9.17) is 16.3 Å². The second-order valence-electron chi connectivity index (χ2n) is 6.90. The first-order chi connectivity index (χ1) is 13.4. The van der Waals surface area contributed by atoms with Gasteiger partial charge in [0.05, 0.1) is 27.8 Å². The smallest absolute Gasteiger partial charge is 0.265 e. The highest BCUT2D eigenvalue weighted by atomic mass is 35.5. The van der Waals surface area contributed by atoms with Crippen LogP contribution in [-0.4, -0.2) is 55.1 Å². The third-order valence-corrected chi connectivity index (χ3v) is 5.63. The van der Waals surface area contributed by atoms with Crippen molar-refractivity contribution in [3.8, 4) is 0 Å². The summed E-state index contributed by atoms with van der Waals surface area (Å²) < 4.78 is 5.72. The zero-order valence-corrected chi connectivity index (χ0v) is 17.5. The van der Waals surface area contributed by atoms with Crippen LogP contribution in [0.1, 0.15) is 33.9 Å². The Balaban J connectivity index is 1.55. The summed E-state index contributed by atoms with van der Waals surface area (Å²) in [6, 6.07) is 8.41. The van der Waals surface area contributed by atoms with Gasteiger partial charge in [0, 0.05) is 31.7 Å². The minimum absolute atomic E-state index is 0.197. The van der Waals surface area contributed by atoms with Crippen LogP contribution in [0.2, 0.25) is 5.02 Å². The Morgan fingerprint density at radius 2 is 1.96 bits per heavy atom. The van der Waals surface area contributed by atoms with Crippen molar-refractivity contribution >= 4 is 40.4 Å². The van der Waals surface area contributed by atoms with Crippen LogP contribution in [0.3, 0.4) is 0 Å². The second-order valence-corrected chi connectivity index (χ2v) is 8.25. The third-order valence-electron chi connectivity index (χ3n) is 4.43. The average molecular weight is 422 g/mol. The zero-order chi connectivity index (χ0) is 20.1. The number of thiophene rings is 1. The molecule has 1 aromatic carbocycles. The van der Waals surface area contributed by atoms with Crippen molar-refractivity contribution in [3.05, 3.63) is 51.2 Å². The van der Waals surface area contributed by atoms with Gasteiger partial charge in [-0.05, 0) is 43.5 Å². The fourth-order valence-electron chi connectivity index (χ4n) is 3.25. The molecule has 0 aliphatic carbocycles. The maximum Gasteiger partial charge on any atom is 0.265 e. The Labute approximate surface area is 173 Å². The number of nitrogens with zero attached hydrogens (tertiary/aromatic N) is 1. The van der Waals surface area contributed by atoms with Crippen LogP contribution in [-0.2, 0) is 4.74 Å². The van der Waals surface area contributed by atoms with Crippen LogP contribution in [0.4, 0.5) is 5.69 Å². The summed E-state index contributed by atoms with van der Waals surface area (Å²) in [6.07, 6.45) is 0.399. The molecule has 2 aromatic rings. The van der Waals surface area contributed by atoms with Crippen LogP contribution in [0.25, 0.3) is 0 Å². The molecule has 1 saturated heterocycles. The molecule has 8 heteroatoms. The monoisotopic (exact) mass is 421 g/mol. The number of halogens is 1. The minimum Gasteiger partial charge on any atom is -0.373 e. The number of hydrogen-bond acceptors (Lipinski definition) is 5. The minimum atomic E-state index is -0.245. The lowest BCUT2D eigenvalue weighted by atomic mass is 10.2. The Morgan fingerprint density at radius 1 is 1.21 bits per heavy atom. The van der Waals surface area contributed by atoms with Gasteiger partial charge in [-0.3, -0.25) is 14.5 Å². The van der Waals surface area contributed by atoms with E-state index in [1.807, 2.05) is 5.38 Å². The van der Waals surface area contributed by atoms with Crippen molar-refractivity contribution in [3.63, 3.8) is 0 Å². The van der Waals surface area contributed by atoms with Crippen molar-refractivity contribution < 1.29 is 14.3 Å². The highest BCUT2D eigenvalue weighted by molar-refractivity contribution is 7.12. The number of ether oxygens (including phenoxy) is 1. The zero-order valence-electron chi connectivity index (χ0n) is 15.9. The third kappa shape index (κ3) is 5.54. The van der Waals surface area contributed by atoms with Gasteiger partial charge in [-0.15, -0.1) is 11.3 Å². The molecule has 1 aliphatic heterocycles. The van der Waals surface area contributed by atoms with Crippen LogP contribution in [0, 0.1) is 0 Å². The number of morpholine rings is 1. The number of carbonyl (C=O) groups is 2. The molecule has 3 rings (SSSR count). The van der Waals surface area contributed by atoms with Gasteiger partial charge in [0.25, 0.3) is 11.8 Å². The molecule has 0 saturated carbocycles. The summed E-state index contributed by atoms with van der Waals surface area (Å²) in [4.78, 5) is 27.6. The standard InChI is InChI=1S/C20H24ClN3O3S/c1-13-11-24(12-14(2)27-13)8-7-22-19(25)15-5-6-16(21)17(10-15)23-20(26)18-4-3-9-28-18/h3-6,9-10,13-14H,7-8,11-12H2,1-2H3,(H,22,25)(H,23,26). The number of amides is 2. The number of benzene rings is 1. The lowest BCUT2D eigenvalue weighted by Gasteiger charge is -2.35. The van der Waals surface area contributed by atoms with Gasteiger partial charge in [-0.1, -0.05) is 17.7 Å². The van der Waals surface area contributed by atoms with Gasteiger partial charge in [-0.2, -0.15) is 0 Å². The van der Waals surface area contributed by atoms with Gasteiger partial charge < -0.3 is 15.4 Å². The average Bonchev–Trinajstić information content (AvgIpc) is 3.17. The maximum absolute atomic E-state index is 12.5. The first kappa shape index (κ1) is 20.8. The van der Waals surface area contributed by atoms with E-state index in [2.05, 4.69) is 29.4 Å². The topological polar surface area (TPSA) is 70.7 Å². The summed E-state index contributed by atoms with van der Waals surface area (Å²) in [6.45, 7) is 7.14. The number of rotatable bonds is 6. The van der Waals surface area contributed by atoms with Crippen molar-refractivity contribution in [2.75, 3.05) is 31.5 Å². The summed E-state index contributed by atoms with van der Waals surface area (Å²) in [5.74, 6) is -0.442. The van der Waals surface area contributed by atoms with E-state index < -0.39 is 0 Å². The molecule has 28 heavy (non-hydrogen) atoms. The number of nitrogens with one attached hydrogen (secondary N) is 2. The van der Waals surface area contributed by atoms with Gasteiger partial charge in [0.15, 0.2) is 0 Å². The van der Waals surface area contributed by atoms with E-state index >= 15 is 0 Å². The van der Waals surface area contributed by atoms with E-state index in [0.717, 1.165) is 19.6 Å². The van der Waals surface area contributed by atoms with Crippen molar-refractivity contribution in [2.24, 2.45) is 0 Å². The van der Waals surface area contributed by atoms with Gasteiger partial charge >= 0.3 is 0 Å². The van der Waals surface area contributed by atoms with Gasteiger partial charge in [-0.25, -0.2) is 0 Å². The summed E-state index contributed by atoms with van der Waals surface area (Å²) in [5.41, 5.74) is 0.873. The SMILES string of the molecule is CC1CN(CCNC(=O)c2ccc(Cl)c(NC(=O)c3cccs3)c2)CC(C)O1. The molecule has 1 fully saturated rings. The fourth-order valence-corrected chi connectivity index (χ4v) is 4.03. The summed E-state index contributed by atoms with van der Waals surface area (Å²) >= 11 is 7.52. The molecule has 2 N–H and O–H groups in total. The molecule has 2 unspecified atom stereocenters. The molecular weight excluding hydrogens is 398 g/mol. The molecule has 6 nitrogen and oxygen atoms in total. The van der Waals surface area contributed by atoms with Gasteiger partial charge in [0.1, 0.15) is 0 Å². The van der Waals surface area contributed by atoms with E-state index in [0.29, 0.717) is 27.7 Å². The van der Waals surface area contributed by atoms with E-state index in [1.165, 1.54) is 11.3 Å². The van der Waals surface area contributed by atoms with E-state index in [9.17, 15) is 9.59 Å². The van der Waals surface area contributed by atoms with Crippen LogP contribution in [0.15, 0.2) is 35.7 Å². The number of hydrogen-bond donors (Lipinski definition) is 2. The molecule has 2 amide bonds. The van der Waals surface area contributed by atoms with Gasteiger partial charge in [0.2, 0.25) is 0 Å². The lowest BCUT2D eigenvalue weighted by molar-refractivity contribution is -0.0672. The Morgan fingerprint density at radius 3 is 2.64 bits per heavy atom. The van der Waals surface area contributed by atoms with Crippen molar-refractivity contribution in [1.29, 1.82) is 0 Å². The second kappa shape index (κ2) is 9.52. The first-order valence-electron chi connectivity index (χ1n) is 9.23. The molecule has 0 bridgehead atoms. The van der Waals surface area contributed by atoms with E-state index in [1.54, 1.807) is 30.3 Å². The Bertz CT molecular complexity index is 818. The predicted octanol–water partition coefficient (Wildman–Crippen LogP) is 3.49. The van der Waals surface area contributed by atoms with Crippen LogP contribution >= 0.6 is 22.9 Å². The van der Waals surface area contributed by atoms with Crippen LogP contribution in [0.5, 0.6) is 0 Å². The van der Waals surface area contributed by atoms with Crippen molar-refractivity contribution in [1.82, 2.24) is 10.2 Å². The van der Waals surface area contributed by atoms with Crippen LogP contribution < -0.4 is 10.6 Å². The summed E-state index contributed by atoms with van der Waals surface area (Å²) in [7, 11) is 0. The normalized spacial score (nSPS) is 20.0. The molecular formula is C20H24ClN3O3S. The predicted molar refractivity (Wildman–Crippen MR) is 113 cm³/mol.